The number of hydrogen-bond acceptors (Lipinski definition) is 4. The van der Waals surface area contributed by atoms with Crippen LogP contribution in [0, 0.1) is 0 Å². The van der Waals surface area contributed by atoms with E-state index in [9.17, 15) is 8.42 Å². The van der Waals surface area contributed by atoms with Gasteiger partial charge in [-0.25, -0.2) is 13.1 Å². The van der Waals surface area contributed by atoms with Crippen molar-refractivity contribution in [2.75, 3.05) is 25.6 Å². The Kier molecular flexibility index (Phi) is 5.31. The molecule has 7 heteroatoms. The second-order valence-electron chi connectivity index (χ2n) is 4.03. The molecule has 0 fully saturated rings. The lowest BCUT2D eigenvalue weighted by Gasteiger charge is -2.09. The minimum Gasteiger partial charge on any atom is -0.379 e. The summed E-state index contributed by atoms with van der Waals surface area (Å²) < 4.78 is 32.1. The van der Waals surface area contributed by atoms with Crippen LogP contribution in [0.5, 0.6) is 0 Å². The number of nitrogens with zero attached hydrogens (tertiary/aromatic N) is 1. The number of aromatic nitrogens is 1. The van der Waals surface area contributed by atoms with E-state index in [1.807, 2.05) is 0 Å². The molecule has 0 radical (unpaired) electrons. The second-order valence-corrected chi connectivity index (χ2v) is 6.14. The Labute approximate surface area is 123 Å². The molecule has 0 aliphatic heterocycles. The summed E-state index contributed by atoms with van der Waals surface area (Å²) in [4.78, 5) is 4.37. The highest BCUT2D eigenvalue weighted by molar-refractivity contribution is 7.89. The van der Waals surface area contributed by atoms with Crippen molar-refractivity contribution < 1.29 is 13.2 Å². The van der Waals surface area contributed by atoms with Crippen molar-refractivity contribution in [3.8, 4) is 0 Å². The summed E-state index contributed by atoms with van der Waals surface area (Å²) in [7, 11) is -3.58. The van der Waals surface area contributed by atoms with E-state index in [-0.39, 0.29) is 18.0 Å². The van der Waals surface area contributed by atoms with Crippen LogP contribution >= 0.6 is 11.6 Å². The summed E-state index contributed by atoms with van der Waals surface area (Å²) >= 11 is 5.46. The summed E-state index contributed by atoms with van der Waals surface area (Å²) in [6, 6.07) is 8.46. The minimum atomic E-state index is -3.58. The van der Waals surface area contributed by atoms with E-state index in [1.165, 1.54) is 0 Å². The molecular weight excluding hydrogens is 300 g/mol. The zero-order chi connectivity index (χ0) is 14.4. The lowest BCUT2D eigenvalue weighted by Crippen LogP contribution is -2.27. The molecular formula is C13H15ClN2O3S. The second kappa shape index (κ2) is 6.99. The average molecular weight is 315 g/mol. The Balaban J connectivity index is 2.15. The van der Waals surface area contributed by atoms with Crippen LogP contribution in [0.2, 0.25) is 0 Å². The Morgan fingerprint density at radius 1 is 1.20 bits per heavy atom. The van der Waals surface area contributed by atoms with Crippen molar-refractivity contribution in [1.82, 2.24) is 9.71 Å². The van der Waals surface area contributed by atoms with Gasteiger partial charge in [-0.15, -0.1) is 11.6 Å². The molecule has 0 saturated heterocycles. The molecule has 108 valence electrons. The molecule has 1 N–H and O–H groups in total. The van der Waals surface area contributed by atoms with Gasteiger partial charge < -0.3 is 4.74 Å². The number of pyridine rings is 1. The van der Waals surface area contributed by atoms with Crippen molar-refractivity contribution in [2.24, 2.45) is 0 Å². The molecule has 0 bridgehead atoms. The van der Waals surface area contributed by atoms with Crippen molar-refractivity contribution in [2.45, 2.75) is 4.90 Å². The summed E-state index contributed by atoms with van der Waals surface area (Å²) in [5, 5.41) is 0.601. The monoisotopic (exact) mass is 314 g/mol. The highest BCUT2D eigenvalue weighted by Crippen LogP contribution is 2.20. The Hall–Kier alpha value is -1.21. The van der Waals surface area contributed by atoms with Gasteiger partial charge in [0.1, 0.15) is 0 Å². The van der Waals surface area contributed by atoms with E-state index in [0.29, 0.717) is 23.4 Å². The lowest BCUT2D eigenvalue weighted by molar-refractivity contribution is 0.155. The van der Waals surface area contributed by atoms with Crippen LogP contribution in [-0.2, 0) is 14.8 Å². The number of benzene rings is 1. The van der Waals surface area contributed by atoms with Gasteiger partial charge in [0, 0.05) is 24.0 Å². The SMILES string of the molecule is O=S(=O)(NCCOCCCl)c1cccc2ncccc12. The molecule has 2 rings (SSSR count). The van der Waals surface area contributed by atoms with Gasteiger partial charge in [0.05, 0.1) is 23.6 Å². The number of rotatable bonds is 7. The fourth-order valence-corrected chi connectivity index (χ4v) is 3.13. The maximum Gasteiger partial charge on any atom is 0.241 e. The summed E-state index contributed by atoms with van der Waals surface area (Å²) in [6.07, 6.45) is 1.63. The third-order valence-electron chi connectivity index (χ3n) is 2.66. The average Bonchev–Trinajstić information content (AvgIpc) is 2.46. The van der Waals surface area contributed by atoms with Crippen LogP contribution in [-0.4, -0.2) is 39.0 Å². The first-order valence-electron chi connectivity index (χ1n) is 6.12. The van der Waals surface area contributed by atoms with Crippen molar-refractivity contribution in [3.63, 3.8) is 0 Å². The molecule has 0 atom stereocenters. The fourth-order valence-electron chi connectivity index (χ4n) is 1.79. The van der Waals surface area contributed by atoms with Gasteiger partial charge >= 0.3 is 0 Å². The van der Waals surface area contributed by atoms with Crippen LogP contribution in [0.25, 0.3) is 10.9 Å². The molecule has 0 saturated carbocycles. The van der Waals surface area contributed by atoms with E-state index < -0.39 is 10.0 Å². The largest absolute Gasteiger partial charge is 0.379 e. The van der Waals surface area contributed by atoms with E-state index in [1.54, 1.807) is 36.5 Å². The molecule has 0 spiro atoms. The van der Waals surface area contributed by atoms with Crippen LogP contribution in [0.3, 0.4) is 0 Å². The van der Waals surface area contributed by atoms with Gasteiger partial charge in [-0.2, -0.15) is 0 Å². The predicted molar refractivity (Wildman–Crippen MR) is 78.5 cm³/mol. The van der Waals surface area contributed by atoms with Crippen molar-refractivity contribution in [1.29, 1.82) is 0 Å². The van der Waals surface area contributed by atoms with E-state index in [0.717, 1.165) is 0 Å². The number of ether oxygens (including phenoxy) is 1. The topological polar surface area (TPSA) is 68.3 Å². The van der Waals surface area contributed by atoms with Crippen LogP contribution in [0.1, 0.15) is 0 Å². The standard InChI is InChI=1S/C13H15ClN2O3S/c14-6-9-19-10-8-16-20(17,18)13-5-1-4-12-11(13)3-2-7-15-12/h1-5,7,16H,6,8-10H2. The molecule has 2 aromatic rings. The van der Waals surface area contributed by atoms with Gasteiger partial charge in [-0.05, 0) is 24.3 Å². The summed E-state index contributed by atoms with van der Waals surface area (Å²) in [5.41, 5.74) is 0.647. The molecule has 20 heavy (non-hydrogen) atoms. The minimum absolute atomic E-state index is 0.204. The van der Waals surface area contributed by atoms with Gasteiger partial charge in [-0.3, -0.25) is 4.98 Å². The van der Waals surface area contributed by atoms with Gasteiger partial charge in [0.25, 0.3) is 0 Å². The predicted octanol–water partition coefficient (Wildman–Crippen LogP) is 1.77. The summed E-state index contributed by atoms with van der Waals surface area (Å²) in [6.45, 7) is 0.895. The fraction of sp³-hybridized carbons (Fsp3) is 0.308. The lowest BCUT2D eigenvalue weighted by atomic mass is 10.2. The maximum atomic E-state index is 12.3. The van der Waals surface area contributed by atoms with E-state index in [2.05, 4.69) is 9.71 Å². The molecule has 1 aromatic heterocycles. The Morgan fingerprint density at radius 3 is 2.85 bits per heavy atom. The third-order valence-corrected chi connectivity index (χ3v) is 4.33. The number of nitrogens with one attached hydrogen (secondary N) is 1. The first kappa shape index (κ1) is 15.2. The number of hydrogen-bond donors (Lipinski definition) is 1. The molecule has 0 unspecified atom stereocenters. The van der Waals surface area contributed by atoms with Gasteiger partial charge in [0.15, 0.2) is 0 Å². The summed E-state index contributed by atoms with van der Waals surface area (Å²) in [5.74, 6) is 0.391. The third kappa shape index (κ3) is 3.67. The normalized spacial score (nSPS) is 11.8. The Bertz CT molecular complexity index is 671. The Morgan fingerprint density at radius 2 is 2.05 bits per heavy atom. The number of halogens is 1. The molecule has 0 amide bonds. The maximum absolute atomic E-state index is 12.3. The highest BCUT2D eigenvalue weighted by Gasteiger charge is 2.16. The van der Waals surface area contributed by atoms with Crippen LogP contribution < -0.4 is 4.72 Å². The molecule has 1 aromatic carbocycles. The number of sulfonamides is 1. The van der Waals surface area contributed by atoms with Crippen molar-refractivity contribution >= 4 is 32.5 Å². The zero-order valence-corrected chi connectivity index (χ0v) is 12.3. The first-order chi connectivity index (χ1) is 9.65. The van der Waals surface area contributed by atoms with E-state index in [4.69, 9.17) is 16.3 Å². The number of alkyl halides is 1. The quantitative estimate of drug-likeness (QED) is 0.624. The molecule has 1 heterocycles. The molecule has 0 aliphatic rings. The molecule has 5 nitrogen and oxygen atoms in total. The van der Waals surface area contributed by atoms with Crippen LogP contribution in [0.15, 0.2) is 41.4 Å². The highest BCUT2D eigenvalue weighted by atomic mass is 35.5. The van der Waals surface area contributed by atoms with Gasteiger partial charge in [0.2, 0.25) is 10.0 Å². The van der Waals surface area contributed by atoms with Gasteiger partial charge in [-0.1, -0.05) is 6.07 Å². The first-order valence-corrected chi connectivity index (χ1v) is 8.14. The zero-order valence-electron chi connectivity index (χ0n) is 10.8. The smallest absolute Gasteiger partial charge is 0.241 e. The van der Waals surface area contributed by atoms with Crippen LogP contribution in [0.4, 0.5) is 0 Å². The van der Waals surface area contributed by atoms with E-state index >= 15 is 0 Å². The van der Waals surface area contributed by atoms with Crippen molar-refractivity contribution in [3.05, 3.63) is 36.5 Å². The molecule has 0 aliphatic carbocycles. The number of fused-ring (bicyclic) bond motifs is 1.